The maximum absolute atomic E-state index is 17.2. The minimum absolute atomic E-state index is 0.0371. The van der Waals surface area contributed by atoms with E-state index >= 15 is 4.39 Å². The molecule has 0 heterocycles. The number of carbonyl (C=O) groups excluding carboxylic acids is 4. The number of alkyl carbamates (subject to hydrolysis) is 2. The van der Waals surface area contributed by atoms with Gasteiger partial charge in [0.25, 0.3) is 5.09 Å². The predicted molar refractivity (Wildman–Crippen MR) is 151 cm³/mol. The van der Waals surface area contributed by atoms with Crippen LogP contribution < -0.4 is 10.6 Å². The average molecular weight is 642 g/mol. The topological polar surface area (TPSA) is 224 Å². The quantitative estimate of drug-likeness (QED) is 0.0873. The molecule has 5 N–H and O–H groups in total. The van der Waals surface area contributed by atoms with Gasteiger partial charge in [-0.1, -0.05) is 24.6 Å². The van der Waals surface area contributed by atoms with Gasteiger partial charge >= 0.3 is 12.2 Å². The van der Waals surface area contributed by atoms with Crippen molar-refractivity contribution in [1.29, 1.82) is 0 Å². The Kier molecular flexibility index (Phi) is 9.90. The van der Waals surface area contributed by atoms with Crippen molar-refractivity contribution in [2.45, 2.75) is 75.9 Å². The highest BCUT2D eigenvalue weighted by molar-refractivity contribution is 5.94. The van der Waals surface area contributed by atoms with Crippen LogP contribution in [0.15, 0.2) is 23.8 Å². The van der Waals surface area contributed by atoms with Gasteiger partial charge in [-0.2, -0.15) is 0 Å². The molecule has 0 aromatic heterocycles. The van der Waals surface area contributed by atoms with Gasteiger partial charge in [0.05, 0.1) is 25.4 Å². The summed E-state index contributed by atoms with van der Waals surface area (Å²) < 4.78 is 27.0. The molecule has 0 spiro atoms. The minimum Gasteiger partial charge on any atom is -0.448 e. The number of ether oxygens (including phenoxy) is 2. The summed E-state index contributed by atoms with van der Waals surface area (Å²) in [6.45, 7) is 1.90. The van der Waals surface area contributed by atoms with E-state index in [1.807, 2.05) is 0 Å². The van der Waals surface area contributed by atoms with Crippen LogP contribution in [0, 0.1) is 32.8 Å². The highest BCUT2D eigenvalue weighted by Crippen LogP contribution is 2.69. The Morgan fingerprint density at radius 3 is 2.47 bits per heavy atom. The molecule has 0 aliphatic heterocycles. The van der Waals surface area contributed by atoms with Crippen molar-refractivity contribution in [3.8, 4) is 0 Å². The van der Waals surface area contributed by atoms with Gasteiger partial charge in [-0.15, -0.1) is 10.1 Å². The zero-order valence-corrected chi connectivity index (χ0v) is 25.2. The van der Waals surface area contributed by atoms with Crippen LogP contribution in [0.1, 0.15) is 52.4 Å². The van der Waals surface area contributed by atoms with Gasteiger partial charge in [-0.05, 0) is 51.0 Å². The number of fused-ring (bicyclic) bond motifs is 5. The van der Waals surface area contributed by atoms with E-state index in [0.717, 1.165) is 0 Å². The third-order valence-electron chi connectivity index (χ3n) is 10.2. The molecule has 4 aliphatic rings. The molecule has 15 nitrogen and oxygen atoms in total. The molecular weight excluding hydrogens is 601 g/mol. The monoisotopic (exact) mass is 641 g/mol. The summed E-state index contributed by atoms with van der Waals surface area (Å²) in [7, 11) is 0. The van der Waals surface area contributed by atoms with Crippen LogP contribution in [0.4, 0.5) is 14.0 Å². The Balaban J connectivity index is 1.29. The number of Topliss-reactive ketones (excluding diaryl/α,β-unsaturated/α-hetero) is 1. The molecule has 0 aromatic carbocycles. The fraction of sp³-hybridized carbons (Fsp3) is 0.724. The van der Waals surface area contributed by atoms with E-state index in [0.29, 0.717) is 18.4 Å². The Morgan fingerprint density at radius 2 is 1.76 bits per heavy atom. The molecule has 4 rings (SSSR count). The van der Waals surface area contributed by atoms with Crippen LogP contribution >= 0.6 is 0 Å². The molecule has 2 fully saturated rings. The number of aliphatic hydroxyl groups is 3. The highest BCUT2D eigenvalue weighted by atomic mass is 19.1. The number of carbonyl (C=O) groups is 4. The van der Waals surface area contributed by atoms with Gasteiger partial charge in [-0.25, -0.2) is 14.0 Å². The summed E-state index contributed by atoms with van der Waals surface area (Å²) in [6.07, 6.45) is -0.0456. The van der Waals surface area contributed by atoms with Gasteiger partial charge in [0.1, 0.15) is 6.61 Å². The molecule has 45 heavy (non-hydrogen) atoms. The summed E-state index contributed by atoms with van der Waals surface area (Å²) >= 11 is 0. The summed E-state index contributed by atoms with van der Waals surface area (Å²) in [5.74, 6) is -2.77. The van der Waals surface area contributed by atoms with Crippen LogP contribution in [0.2, 0.25) is 0 Å². The summed E-state index contributed by atoms with van der Waals surface area (Å²) in [5.41, 5.74) is -6.82. The first kappa shape index (κ1) is 34.2. The number of allylic oxidation sites excluding steroid dienone is 4. The molecule has 2 amide bonds. The van der Waals surface area contributed by atoms with Gasteiger partial charge in [0.2, 0.25) is 5.78 Å². The van der Waals surface area contributed by atoms with Crippen molar-refractivity contribution >= 4 is 23.8 Å². The Labute approximate surface area is 258 Å². The van der Waals surface area contributed by atoms with Gasteiger partial charge in [-0.3, -0.25) is 9.59 Å². The van der Waals surface area contributed by atoms with Crippen molar-refractivity contribution in [1.82, 2.24) is 10.6 Å². The number of unbranched alkanes of at least 4 members (excludes halogenated alkanes) is 1. The fourth-order valence-electron chi connectivity index (χ4n) is 7.83. The average Bonchev–Trinajstić information content (AvgIpc) is 3.18. The lowest BCUT2D eigenvalue weighted by Gasteiger charge is -2.61. The SMILES string of the molecule is C[C@]12C=CC(=O)CC1=CC[C@H]1[C@@H]3C[C@@H](O)[C@](O)(C(=O)COC(=O)NCCOC(=O)NCCCCO[N+](=O)[O-])[C@@]3(C)C[C@H](O)[C@@]12F. The number of nitrogens with one attached hydrogen (secondary N) is 2. The molecule has 16 heteroatoms. The predicted octanol–water partition coefficient (Wildman–Crippen LogP) is 1.07. The Hall–Kier alpha value is -3.63. The molecule has 0 saturated heterocycles. The maximum atomic E-state index is 17.2. The molecule has 4 aliphatic carbocycles. The second kappa shape index (κ2) is 13.0. The third-order valence-corrected chi connectivity index (χ3v) is 10.2. The molecular formula is C29H40FN3O12. The fourth-order valence-corrected chi connectivity index (χ4v) is 7.83. The highest BCUT2D eigenvalue weighted by Gasteiger charge is 2.76. The first-order valence-corrected chi connectivity index (χ1v) is 14.9. The number of halogens is 1. The molecule has 250 valence electrons. The lowest BCUT2D eigenvalue weighted by Crippen LogP contribution is -2.69. The Morgan fingerprint density at radius 1 is 1.07 bits per heavy atom. The van der Waals surface area contributed by atoms with Crippen molar-refractivity contribution in [3.05, 3.63) is 33.9 Å². The number of amides is 2. The number of hydrogen-bond donors (Lipinski definition) is 5. The normalized spacial score (nSPS) is 36.5. The van der Waals surface area contributed by atoms with Crippen molar-refractivity contribution in [2.75, 3.05) is 32.9 Å². The van der Waals surface area contributed by atoms with Gasteiger partial charge < -0.3 is 40.3 Å². The van der Waals surface area contributed by atoms with E-state index in [9.17, 15) is 44.6 Å². The number of nitrogens with zero attached hydrogens (tertiary/aromatic N) is 1. The maximum Gasteiger partial charge on any atom is 0.407 e. The van der Waals surface area contributed by atoms with E-state index in [2.05, 4.69) is 15.5 Å². The third kappa shape index (κ3) is 6.02. The lowest BCUT2D eigenvalue weighted by molar-refractivity contribution is -0.757. The summed E-state index contributed by atoms with van der Waals surface area (Å²) in [5, 5.41) is 47.9. The standard InChI is InChI=1S/C29H40FN3O12/c1-26-8-7-18(34)13-17(26)5-6-19-20-14-21(35)29(40,27(20,2)15-22(36)28(19,26)30)23(37)16-44-25(39)32-10-12-43-24(38)31-9-3-4-11-45-33(41)42/h5,7-8,19-22,35-36,40H,3-4,6,9-16H2,1-2H3,(H,31,38)(H,32,39)/t19-,20-,21+,22-,26-,27-,28-,29-/m0/s1. The van der Waals surface area contributed by atoms with E-state index in [-0.39, 0.29) is 57.8 Å². The zero-order chi connectivity index (χ0) is 33.2. The molecule has 2 saturated carbocycles. The van der Waals surface area contributed by atoms with E-state index in [1.54, 1.807) is 13.0 Å². The second-order valence-electron chi connectivity index (χ2n) is 12.5. The van der Waals surface area contributed by atoms with E-state index in [4.69, 9.17) is 9.47 Å². The number of alkyl halides is 1. The van der Waals surface area contributed by atoms with Crippen molar-refractivity contribution in [3.63, 3.8) is 0 Å². The molecule has 8 atom stereocenters. The van der Waals surface area contributed by atoms with E-state index in [1.165, 1.54) is 19.1 Å². The number of aliphatic hydroxyl groups excluding tert-OH is 2. The molecule has 0 unspecified atom stereocenters. The van der Waals surface area contributed by atoms with Crippen molar-refractivity contribution in [2.24, 2.45) is 22.7 Å². The first-order chi connectivity index (χ1) is 21.1. The van der Waals surface area contributed by atoms with Crippen LogP contribution in [0.3, 0.4) is 0 Å². The minimum atomic E-state index is -2.44. The lowest BCUT2D eigenvalue weighted by atomic mass is 9.45. The van der Waals surface area contributed by atoms with Crippen LogP contribution in [-0.2, 0) is 23.9 Å². The Bertz CT molecular complexity index is 1280. The van der Waals surface area contributed by atoms with E-state index < -0.39 is 75.8 Å². The number of ketones is 2. The van der Waals surface area contributed by atoms with Gasteiger partial charge in [0, 0.05) is 29.7 Å². The largest absolute Gasteiger partial charge is 0.448 e. The van der Waals surface area contributed by atoms with Gasteiger partial charge in [0.15, 0.2) is 23.7 Å². The molecule has 0 radical (unpaired) electrons. The van der Waals surface area contributed by atoms with Crippen LogP contribution in [-0.4, -0.2) is 101 Å². The summed E-state index contributed by atoms with van der Waals surface area (Å²) in [4.78, 5) is 63.4. The smallest absolute Gasteiger partial charge is 0.407 e. The second-order valence-corrected chi connectivity index (χ2v) is 12.5. The van der Waals surface area contributed by atoms with Crippen LogP contribution in [0.25, 0.3) is 0 Å². The molecule has 0 bridgehead atoms. The van der Waals surface area contributed by atoms with Crippen LogP contribution in [0.5, 0.6) is 0 Å². The number of rotatable bonds is 12. The zero-order valence-electron chi connectivity index (χ0n) is 25.2. The van der Waals surface area contributed by atoms with Crippen molar-refractivity contribution < 1.29 is 58.3 Å². The summed E-state index contributed by atoms with van der Waals surface area (Å²) in [6, 6.07) is 0. The number of hydrogen-bond acceptors (Lipinski definition) is 12. The first-order valence-electron chi connectivity index (χ1n) is 14.9. The molecule has 0 aromatic rings.